The average molecular weight is 405 g/mol. The van der Waals surface area contributed by atoms with Gasteiger partial charge in [-0.1, -0.05) is 41.2 Å². The fourth-order valence-electron chi connectivity index (χ4n) is 3.47. The van der Waals surface area contributed by atoms with Gasteiger partial charge in [-0.15, -0.1) is 0 Å². The van der Waals surface area contributed by atoms with Gasteiger partial charge in [0.1, 0.15) is 0 Å². The SMILES string of the molecule is Cc1ccc(C)c(C(=O)N(CCn2nc(C)cc2C)c2nc3ccccc3s2)c1. The van der Waals surface area contributed by atoms with E-state index in [0.29, 0.717) is 13.1 Å². The van der Waals surface area contributed by atoms with Gasteiger partial charge in [0.15, 0.2) is 5.13 Å². The number of benzene rings is 2. The predicted octanol–water partition coefficient (Wildman–Crippen LogP) is 5.07. The zero-order valence-electron chi connectivity index (χ0n) is 17.1. The molecule has 2 aromatic carbocycles. The third kappa shape index (κ3) is 3.93. The standard InChI is InChI=1S/C23H24N4OS/c1-15-9-10-16(2)19(13-15)22(28)26(11-12-27-18(4)14-17(3)25-27)23-24-20-7-5-6-8-21(20)29-23/h5-10,13-14H,11-12H2,1-4H3. The molecule has 0 fully saturated rings. The van der Waals surface area contributed by atoms with E-state index in [1.807, 2.05) is 74.8 Å². The number of para-hydroxylation sites is 1. The van der Waals surface area contributed by atoms with E-state index < -0.39 is 0 Å². The summed E-state index contributed by atoms with van der Waals surface area (Å²) < 4.78 is 3.03. The second-order valence-corrected chi connectivity index (χ2v) is 8.40. The van der Waals surface area contributed by atoms with Crippen molar-refractivity contribution in [3.05, 3.63) is 76.6 Å². The Morgan fingerprint density at radius 3 is 2.59 bits per heavy atom. The van der Waals surface area contributed by atoms with Crippen molar-refractivity contribution in [1.82, 2.24) is 14.8 Å². The summed E-state index contributed by atoms with van der Waals surface area (Å²) in [5.74, 6) is -0.0215. The first-order valence-electron chi connectivity index (χ1n) is 9.68. The van der Waals surface area contributed by atoms with Crippen LogP contribution < -0.4 is 4.90 Å². The van der Waals surface area contributed by atoms with Gasteiger partial charge in [-0.05, 0) is 57.5 Å². The Bertz CT molecular complexity index is 1160. The number of carbonyl (C=O) groups is 1. The molecule has 148 valence electrons. The van der Waals surface area contributed by atoms with Crippen molar-refractivity contribution in [3.63, 3.8) is 0 Å². The van der Waals surface area contributed by atoms with Crippen LogP contribution in [-0.4, -0.2) is 27.2 Å². The minimum Gasteiger partial charge on any atom is -0.282 e. The van der Waals surface area contributed by atoms with E-state index in [9.17, 15) is 4.79 Å². The zero-order valence-corrected chi connectivity index (χ0v) is 18.0. The fourth-order valence-corrected chi connectivity index (χ4v) is 4.46. The molecule has 2 aromatic heterocycles. The highest BCUT2D eigenvalue weighted by Gasteiger charge is 2.23. The van der Waals surface area contributed by atoms with Gasteiger partial charge in [0, 0.05) is 17.8 Å². The van der Waals surface area contributed by atoms with Gasteiger partial charge in [0.2, 0.25) is 0 Å². The van der Waals surface area contributed by atoms with Gasteiger partial charge in [-0.25, -0.2) is 4.98 Å². The lowest BCUT2D eigenvalue weighted by atomic mass is 10.0. The van der Waals surface area contributed by atoms with E-state index in [1.54, 1.807) is 16.2 Å². The smallest absolute Gasteiger partial charge is 0.260 e. The number of thiazole rings is 1. The Morgan fingerprint density at radius 2 is 1.86 bits per heavy atom. The van der Waals surface area contributed by atoms with Crippen LogP contribution in [0.25, 0.3) is 10.2 Å². The second-order valence-electron chi connectivity index (χ2n) is 7.39. The summed E-state index contributed by atoms with van der Waals surface area (Å²) in [4.78, 5) is 20.1. The topological polar surface area (TPSA) is 51.0 Å². The van der Waals surface area contributed by atoms with E-state index in [-0.39, 0.29) is 5.91 Å². The van der Waals surface area contributed by atoms with Crippen LogP contribution in [0.3, 0.4) is 0 Å². The zero-order chi connectivity index (χ0) is 20.5. The quantitative estimate of drug-likeness (QED) is 0.466. The highest BCUT2D eigenvalue weighted by atomic mass is 32.1. The molecule has 4 aromatic rings. The molecule has 0 aliphatic rings. The fraction of sp³-hybridized carbons (Fsp3) is 0.261. The minimum atomic E-state index is -0.0215. The molecule has 5 nitrogen and oxygen atoms in total. The summed E-state index contributed by atoms with van der Waals surface area (Å²) in [6.07, 6.45) is 0. The van der Waals surface area contributed by atoms with Crippen LogP contribution in [0.4, 0.5) is 5.13 Å². The summed E-state index contributed by atoms with van der Waals surface area (Å²) in [7, 11) is 0. The summed E-state index contributed by atoms with van der Waals surface area (Å²) >= 11 is 1.55. The van der Waals surface area contributed by atoms with Crippen LogP contribution in [0, 0.1) is 27.7 Å². The summed E-state index contributed by atoms with van der Waals surface area (Å²) in [5.41, 5.74) is 5.75. The van der Waals surface area contributed by atoms with Crippen molar-refractivity contribution in [2.75, 3.05) is 11.4 Å². The van der Waals surface area contributed by atoms with Crippen molar-refractivity contribution in [1.29, 1.82) is 0 Å². The maximum Gasteiger partial charge on any atom is 0.260 e. The Morgan fingerprint density at radius 1 is 1.07 bits per heavy atom. The number of carbonyl (C=O) groups excluding carboxylic acids is 1. The summed E-state index contributed by atoms with van der Waals surface area (Å²) in [6.45, 7) is 9.13. The highest BCUT2D eigenvalue weighted by molar-refractivity contribution is 7.22. The van der Waals surface area contributed by atoms with Crippen LogP contribution in [0.1, 0.15) is 32.9 Å². The minimum absolute atomic E-state index is 0.0215. The Balaban J connectivity index is 1.72. The number of rotatable bonds is 5. The van der Waals surface area contributed by atoms with Crippen LogP contribution in [0.2, 0.25) is 0 Å². The number of aryl methyl sites for hydroxylation is 4. The summed E-state index contributed by atoms with van der Waals surface area (Å²) in [5, 5.41) is 5.27. The first kappa shape index (κ1) is 19.3. The Labute approximate surface area is 174 Å². The molecule has 0 saturated heterocycles. The van der Waals surface area contributed by atoms with Crippen LogP contribution >= 0.6 is 11.3 Å². The Hall–Kier alpha value is -2.99. The van der Waals surface area contributed by atoms with Crippen molar-refractivity contribution < 1.29 is 4.79 Å². The molecule has 0 aliphatic carbocycles. The molecule has 4 rings (SSSR count). The predicted molar refractivity (Wildman–Crippen MR) is 119 cm³/mol. The van der Waals surface area contributed by atoms with E-state index in [0.717, 1.165) is 43.4 Å². The maximum absolute atomic E-state index is 13.6. The number of hydrogen-bond acceptors (Lipinski definition) is 4. The normalized spacial score (nSPS) is 11.2. The monoisotopic (exact) mass is 404 g/mol. The molecule has 2 heterocycles. The number of amides is 1. The van der Waals surface area contributed by atoms with Gasteiger partial charge >= 0.3 is 0 Å². The number of nitrogens with zero attached hydrogens (tertiary/aromatic N) is 4. The second kappa shape index (κ2) is 7.79. The van der Waals surface area contributed by atoms with Crippen molar-refractivity contribution in [2.24, 2.45) is 0 Å². The van der Waals surface area contributed by atoms with Crippen LogP contribution in [-0.2, 0) is 6.54 Å². The molecule has 0 N–H and O–H groups in total. The molecule has 0 radical (unpaired) electrons. The van der Waals surface area contributed by atoms with E-state index in [2.05, 4.69) is 11.2 Å². The molecule has 0 spiro atoms. The number of aromatic nitrogens is 3. The first-order valence-corrected chi connectivity index (χ1v) is 10.5. The van der Waals surface area contributed by atoms with E-state index in [4.69, 9.17) is 4.98 Å². The molecule has 0 bridgehead atoms. The number of anilines is 1. The first-order chi connectivity index (χ1) is 13.9. The average Bonchev–Trinajstić information content (AvgIpc) is 3.26. The van der Waals surface area contributed by atoms with E-state index >= 15 is 0 Å². The molecule has 0 aliphatic heterocycles. The highest BCUT2D eigenvalue weighted by Crippen LogP contribution is 2.30. The molecule has 0 saturated carbocycles. The van der Waals surface area contributed by atoms with Crippen molar-refractivity contribution in [3.8, 4) is 0 Å². The molecule has 0 unspecified atom stereocenters. The van der Waals surface area contributed by atoms with E-state index in [1.165, 1.54) is 0 Å². The van der Waals surface area contributed by atoms with Crippen molar-refractivity contribution in [2.45, 2.75) is 34.2 Å². The third-order valence-corrected chi connectivity index (χ3v) is 6.08. The lowest BCUT2D eigenvalue weighted by Crippen LogP contribution is -2.34. The van der Waals surface area contributed by atoms with Crippen LogP contribution in [0.15, 0.2) is 48.5 Å². The third-order valence-electron chi connectivity index (χ3n) is 5.02. The maximum atomic E-state index is 13.6. The van der Waals surface area contributed by atoms with Gasteiger partial charge < -0.3 is 0 Å². The lowest BCUT2D eigenvalue weighted by Gasteiger charge is -2.21. The largest absolute Gasteiger partial charge is 0.282 e. The number of hydrogen-bond donors (Lipinski definition) is 0. The van der Waals surface area contributed by atoms with Crippen LogP contribution in [0.5, 0.6) is 0 Å². The van der Waals surface area contributed by atoms with Gasteiger partial charge in [0.25, 0.3) is 5.91 Å². The molecular weight excluding hydrogens is 380 g/mol. The molecule has 29 heavy (non-hydrogen) atoms. The molecule has 1 amide bonds. The number of fused-ring (bicyclic) bond motifs is 1. The van der Waals surface area contributed by atoms with Gasteiger partial charge in [0.05, 0.1) is 22.5 Å². The van der Waals surface area contributed by atoms with Crippen molar-refractivity contribution >= 4 is 32.6 Å². The van der Waals surface area contributed by atoms with Gasteiger partial charge in [-0.2, -0.15) is 5.10 Å². The lowest BCUT2D eigenvalue weighted by molar-refractivity contribution is 0.0985. The Kier molecular flexibility index (Phi) is 5.20. The summed E-state index contributed by atoms with van der Waals surface area (Å²) in [6, 6.07) is 16.0. The molecule has 6 heteroatoms. The van der Waals surface area contributed by atoms with Gasteiger partial charge in [-0.3, -0.25) is 14.4 Å². The molecule has 0 atom stereocenters. The molecular formula is C23H24N4OS.